The molecule has 0 aliphatic rings. The summed E-state index contributed by atoms with van der Waals surface area (Å²) in [6.45, 7) is 1.81. The van der Waals surface area contributed by atoms with Gasteiger partial charge in [-0.15, -0.1) is 10.2 Å². The summed E-state index contributed by atoms with van der Waals surface area (Å²) >= 11 is 0. The predicted octanol–water partition coefficient (Wildman–Crippen LogP) is 3.36. The van der Waals surface area contributed by atoms with Crippen LogP contribution in [0.3, 0.4) is 0 Å². The minimum Gasteiger partial charge on any atom is -0.495 e. The number of rotatable bonds is 6. The number of hydrogen-bond donors (Lipinski definition) is 1. The van der Waals surface area contributed by atoms with Crippen molar-refractivity contribution in [2.45, 2.75) is 11.8 Å². The number of methoxy groups -OCH3 is 1. The van der Waals surface area contributed by atoms with Gasteiger partial charge in [0.1, 0.15) is 10.6 Å². The SMILES string of the molecule is COc1ccc(C)cc1S(=O)(=O)Nc1ccc(N(C)c2ccccc2)nn1. The van der Waals surface area contributed by atoms with Crippen molar-refractivity contribution in [3.8, 4) is 5.75 Å². The number of hydrogen-bond acceptors (Lipinski definition) is 6. The number of nitrogens with zero attached hydrogens (tertiary/aromatic N) is 3. The first-order valence-corrected chi connectivity index (χ1v) is 9.69. The molecular formula is C19H20N4O3S. The van der Waals surface area contributed by atoms with Gasteiger partial charge in [-0.25, -0.2) is 8.42 Å². The summed E-state index contributed by atoms with van der Waals surface area (Å²) < 4.78 is 33.0. The van der Waals surface area contributed by atoms with Crippen LogP contribution in [0.15, 0.2) is 65.6 Å². The topological polar surface area (TPSA) is 84.4 Å². The van der Waals surface area contributed by atoms with Gasteiger partial charge in [0.05, 0.1) is 7.11 Å². The van der Waals surface area contributed by atoms with E-state index in [0.717, 1.165) is 11.3 Å². The van der Waals surface area contributed by atoms with Gasteiger partial charge in [-0.3, -0.25) is 4.72 Å². The fraction of sp³-hybridized carbons (Fsp3) is 0.158. The lowest BCUT2D eigenvalue weighted by molar-refractivity contribution is 0.402. The molecule has 0 spiro atoms. The van der Waals surface area contributed by atoms with E-state index in [0.29, 0.717) is 5.82 Å². The van der Waals surface area contributed by atoms with Crippen LogP contribution in [-0.4, -0.2) is 32.8 Å². The van der Waals surface area contributed by atoms with Gasteiger partial charge >= 0.3 is 0 Å². The average Bonchev–Trinajstić information content (AvgIpc) is 2.68. The molecule has 7 nitrogen and oxygen atoms in total. The lowest BCUT2D eigenvalue weighted by Crippen LogP contribution is -2.17. The molecule has 2 aromatic carbocycles. The van der Waals surface area contributed by atoms with E-state index in [1.165, 1.54) is 7.11 Å². The Morgan fingerprint density at radius 1 is 1.00 bits per heavy atom. The molecule has 0 atom stereocenters. The maximum Gasteiger partial charge on any atom is 0.266 e. The minimum atomic E-state index is -3.85. The van der Waals surface area contributed by atoms with E-state index in [9.17, 15) is 8.42 Å². The number of aryl methyl sites for hydroxylation is 1. The Bertz CT molecular complexity index is 1020. The van der Waals surface area contributed by atoms with Crippen LogP contribution in [0.5, 0.6) is 5.75 Å². The van der Waals surface area contributed by atoms with E-state index in [4.69, 9.17) is 4.74 Å². The van der Waals surface area contributed by atoms with Gasteiger partial charge in [0.25, 0.3) is 10.0 Å². The van der Waals surface area contributed by atoms with Gasteiger partial charge < -0.3 is 9.64 Å². The van der Waals surface area contributed by atoms with Gasteiger partial charge in [-0.05, 0) is 48.9 Å². The number of para-hydroxylation sites is 1. The second-order valence-electron chi connectivity index (χ2n) is 5.93. The number of sulfonamides is 1. The standard InChI is InChI=1S/C19H20N4O3S/c1-14-9-10-16(26-3)17(13-14)27(24,25)22-18-11-12-19(21-20-18)23(2)15-7-5-4-6-8-15/h4-13H,1-3H3,(H,20,22). The Morgan fingerprint density at radius 3 is 2.37 bits per heavy atom. The molecule has 8 heteroatoms. The van der Waals surface area contributed by atoms with Crippen molar-refractivity contribution in [2.24, 2.45) is 0 Å². The van der Waals surface area contributed by atoms with E-state index in [1.807, 2.05) is 49.2 Å². The maximum absolute atomic E-state index is 12.7. The predicted molar refractivity (Wildman–Crippen MR) is 105 cm³/mol. The van der Waals surface area contributed by atoms with Gasteiger partial charge in [0.15, 0.2) is 11.6 Å². The molecule has 0 unspecified atom stereocenters. The molecule has 0 saturated carbocycles. The highest BCUT2D eigenvalue weighted by Crippen LogP contribution is 2.27. The molecule has 140 valence electrons. The zero-order valence-electron chi connectivity index (χ0n) is 15.2. The second-order valence-corrected chi connectivity index (χ2v) is 7.58. The van der Waals surface area contributed by atoms with Gasteiger partial charge in [0, 0.05) is 12.7 Å². The minimum absolute atomic E-state index is 0.0530. The Kier molecular flexibility index (Phi) is 5.27. The van der Waals surface area contributed by atoms with E-state index in [2.05, 4.69) is 14.9 Å². The molecule has 0 bridgehead atoms. The van der Waals surface area contributed by atoms with Crippen molar-refractivity contribution in [3.63, 3.8) is 0 Å². The molecule has 1 aromatic heterocycles. The highest BCUT2D eigenvalue weighted by Gasteiger charge is 2.20. The molecule has 1 N–H and O–H groups in total. The van der Waals surface area contributed by atoms with Crippen LogP contribution in [0.2, 0.25) is 0 Å². The van der Waals surface area contributed by atoms with Crippen molar-refractivity contribution in [1.29, 1.82) is 0 Å². The molecule has 3 rings (SSSR count). The van der Waals surface area contributed by atoms with Crippen LogP contribution in [0, 0.1) is 6.92 Å². The first kappa shape index (κ1) is 18.7. The van der Waals surface area contributed by atoms with E-state index < -0.39 is 10.0 Å². The molecule has 0 radical (unpaired) electrons. The number of nitrogens with one attached hydrogen (secondary N) is 1. The summed E-state index contributed by atoms with van der Waals surface area (Å²) in [7, 11) is -0.565. The summed E-state index contributed by atoms with van der Waals surface area (Å²) in [5.41, 5.74) is 1.76. The van der Waals surface area contributed by atoms with Crippen molar-refractivity contribution in [3.05, 3.63) is 66.2 Å². The third-order valence-electron chi connectivity index (χ3n) is 3.99. The monoisotopic (exact) mass is 384 g/mol. The third-order valence-corrected chi connectivity index (χ3v) is 5.36. The van der Waals surface area contributed by atoms with Crippen LogP contribution < -0.4 is 14.4 Å². The molecule has 0 aliphatic carbocycles. The lowest BCUT2D eigenvalue weighted by Gasteiger charge is -2.17. The van der Waals surface area contributed by atoms with Gasteiger partial charge in [-0.2, -0.15) is 0 Å². The van der Waals surface area contributed by atoms with Crippen LogP contribution in [0.4, 0.5) is 17.3 Å². The summed E-state index contributed by atoms with van der Waals surface area (Å²) in [6.07, 6.45) is 0. The molecule has 0 fully saturated rings. The summed E-state index contributed by atoms with van der Waals surface area (Å²) in [4.78, 5) is 1.91. The van der Waals surface area contributed by atoms with E-state index >= 15 is 0 Å². The third kappa shape index (κ3) is 4.17. The van der Waals surface area contributed by atoms with Crippen molar-refractivity contribution < 1.29 is 13.2 Å². The fourth-order valence-corrected chi connectivity index (χ4v) is 3.78. The normalized spacial score (nSPS) is 11.1. The lowest BCUT2D eigenvalue weighted by atomic mass is 10.2. The van der Waals surface area contributed by atoms with E-state index in [1.54, 1.807) is 30.3 Å². The van der Waals surface area contributed by atoms with Crippen LogP contribution in [0.1, 0.15) is 5.56 Å². The Morgan fingerprint density at radius 2 is 1.74 bits per heavy atom. The Balaban J connectivity index is 1.83. The second kappa shape index (κ2) is 7.63. The highest BCUT2D eigenvalue weighted by atomic mass is 32.2. The Labute approximate surface area is 158 Å². The highest BCUT2D eigenvalue weighted by molar-refractivity contribution is 7.92. The van der Waals surface area contributed by atoms with Crippen molar-refractivity contribution in [1.82, 2.24) is 10.2 Å². The zero-order valence-corrected chi connectivity index (χ0v) is 16.1. The van der Waals surface area contributed by atoms with Gasteiger partial charge in [-0.1, -0.05) is 24.3 Å². The molecule has 1 heterocycles. The first-order valence-electron chi connectivity index (χ1n) is 8.20. The molecule has 0 aliphatic heterocycles. The number of benzene rings is 2. The molecule has 0 saturated heterocycles. The van der Waals surface area contributed by atoms with Crippen LogP contribution in [-0.2, 0) is 10.0 Å². The fourth-order valence-electron chi connectivity index (χ4n) is 2.53. The number of anilines is 3. The largest absolute Gasteiger partial charge is 0.495 e. The molecule has 0 amide bonds. The summed E-state index contributed by atoms with van der Waals surface area (Å²) in [5, 5.41) is 8.10. The van der Waals surface area contributed by atoms with E-state index in [-0.39, 0.29) is 16.5 Å². The average molecular weight is 384 g/mol. The van der Waals surface area contributed by atoms with Gasteiger partial charge in [0.2, 0.25) is 0 Å². The number of ether oxygens (including phenoxy) is 1. The van der Waals surface area contributed by atoms with Crippen molar-refractivity contribution >= 4 is 27.3 Å². The van der Waals surface area contributed by atoms with Crippen LogP contribution >= 0.6 is 0 Å². The molecular weight excluding hydrogens is 364 g/mol. The molecule has 27 heavy (non-hydrogen) atoms. The zero-order chi connectivity index (χ0) is 19.4. The van der Waals surface area contributed by atoms with Crippen molar-refractivity contribution in [2.75, 3.05) is 23.8 Å². The summed E-state index contributed by atoms with van der Waals surface area (Å²) in [5.74, 6) is 0.988. The molecule has 3 aromatic rings. The summed E-state index contributed by atoms with van der Waals surface area (Å²) in [6, 6.07) is 17.9. The van der Waals surface area contributed by atoms with Crippen LogP contribution in [0.25, 0.3) is 0 Å². The quantitative estimate of drug-likeness (QED) is 0.701. The maximum atomic E-state index is 12.7. The first-order chi connectivity index (χ1) is 12.9. The number of aromatic nitrogens is 2. The smallest absolute Gasteiger partial charge is 0.266 e. The Hall–Kier alpha value is -3.13.